The molecule has 0 amide bonds. The highest BCUT2D eigenvalue weighted by Gasteiger charge is 2.17. The van der Waals surface area contributed by atoms with Crippen molar-refractivity contribution in [3.63, 3.8) is 0 Å². The van der Waals surface area contributed by atoms with Gasteiger partial charge in [-0.25, -0.2) is 0 Å². The van der Waals surface area contributed by atoms with E-state index in [-0.39, 0.29) is 0 Å². The molecule has 1 rings (SSSR count). The van der Waals surface area contributed by atoms with Gasteiger partial charge < -0.3 is 0 Å². The number of halogens is 1. The summed E-state index contributed by atoms with van der Waals surface area (Å²) in [6, 6.07) is 0. The van der Waals surface area contributed by atoms with Crippen LogP contribution in [0.5, 0.6) is 0 Å². The molecule has 0 atom stereocenters. The van der Waals surface area contributed by atoms with Crippen LogP contribution in [0.25, 0.3) is 0 Å². The second-order valence-corrected chi connectivity index (χ2v) is 4.35. The lowest BCUT2D eigenvalue weighted by atomic mass is 9.91. The van der Waals surface area contributed by atoms with Gasteiger partial charge in [0.05, 0.1) is 0 Å². The van der Waals surface area contributed by atoms with Gasteiger partial charge in [0.2, 0.25) is 0 Å². The molecule has 0 aromatic heterocycles. The second-order valence-electron chi connectivity index (χ2n) is 2.97. The van der Waals surface area contributed by atoms with Crippen molar-refractivity contribution in [2.75, 3.05) is 0 Å². The van der Waals surface area contributed by atoms with Crippen LogP contribution in [-0.4, -0.2) is 5.25 Å². The van der Waals surface area contributed by atoms with E-state index < -0.39 is 0 Å². The molecule has 0 unspecified atom stereocenters. The first-order valence-corrected chi connectivity index (χ1v) is 5.31. The van der Waals surface area contributed by atoms with Gasteiger partial charge in [0.1, 0.15) is 0 Å². The molecule has 0 nitrogen and oxygen atoms in total. The van der Waals surface area contributed by atoms with Crippen LogP contribution in [0.2, 0.25) is 0 Å². The van der Waals surface area contributed by atoms with E-state index in [1.807, 2.05) is 0 Å². The maximum atomic E-state index is 5.64. The molecular formula is C7H13ClS. The molecule has 1 aliphatic rings. The van der Waals surface area contributed by atoms with Crippen LogP contribution in [0.3, 0.4) is 0 Å². The van der Waals surface area contributed by atoms with Gasteiger partial charge in [-0.15, -0.1) is 0 Å². The van der Waals surface area contributed by atoms with E-state index in [1.54, 1.807) is 0 Å². The fourth-order valence-electron chi connectivity index (χ4n) is 1.32. The van der Waals surface area contributed by atoms with Crippen molar-refractivity contribution in [3.05, 3.63) is 0 Å². The Bertz CT molecular complexity index is 77.0. The summed E-state index contributed by atoms with van der Waals surface area (Å²) in [5.74, 6) is 0.949. The standard InChI is InChI=1S/C7H13ClS/c1-6-2-4-7(9-8)5-3-6/h6-7H,2-5H2,1H3. The summed E-state index contributed by atoms with van der Waals surface area (Å²) < 4.78 is 0. The van der Waals surface area contributed by atoms with Gasteiger partial charge >= 0.3 is 0 Å². The molecule has 0 heterocycles. The molecule has 0 saturated heterocycles. The van der Waals surface area contributed by atoms with Crippen LogP contribution in [0, 0.1) is 5.92 Å². The van der Waals surface area contributed by atoms with E-state index in [1.165, 1.54) is 36.7 Å². The third-order valence-corrected chi connectivity index (χ3v) is 3.57. The Morgan fingerprint density at radius 3 is 2.22 bits per heavy atom. The van der Waals surface area contributed by atoms with Gasteiger partial charge in [0, 0.05) is 5.25 Å². The first-order chi connectivity index (χ1) is 4.33. The topological polar surface area (TPSA) is 0 Å². The average Bonchev–Trinajstić information content (AvgIpc) is 1.90. The summed E-state index contributed by atoms with van der Waals surface area (Å²) in [6.45, 7) is 2.33. The summed E-state index contributed by atoms with van der Waals surface area (Å²) in [7, 11) is 7.16. The summed E-state index contributed by atoms with van der Waals surface area (Å²) >= 11 is 0. The lowest BCUT2D eigenvalue weighted by molar-refractivity contribution is 0.394. The minimum absolute atomic E-state index is 0.753. The quantitative estimate of drug-likeness (QED) is 0.572. The zero-order valence-electron chi connectivity index (χ0n) is 5.77. The van der Waals surface area contributed by atoms with Gasteiger partial charge in [-0.1, -0.05) is 17.9 Å². The highest BCUT2D eigenvalue weighted by atomic mass is 35.7. The minimum Gasteiger partial charge on any atom is -0.0625 e. The maximum absolute atomic E-state index is 5.64. The Morgan fingerprint density at radius 1 is 1.22 bits per heavy atom. The summed E-state index contributed by atoms with van der Waals surface area (Å²) in [4.78, 5) is 0. The Hall–Kier alpha value is 0.640. The molecule has 0 bridgehead atoms. The first-order valence-electron chi connectivity index (χ1n) is 3.60. The molecule has 0 aromatic rings. The predicted molar refractivity (Wildman–Crippen MR) is 44.9 cm³/mol. The predicted octanol–water partition coefficient (Wildman–Crippen LogP) is 3.45. The van der Waals surface area contributed by atoms with Gasteiger partial charge in [-0.05, 0) is 42.3 Å². The van der Waals surface area contributed by atoms with Crippen molar-refractivity contribution < 1.29 is 0 Å². The molecule has 1 aliphatic carbocycles. The van der Waals surface area contributed by atoms with E-state index in [4.69, 9.17) is 10.7 Å². The van der Waals surface area contributed by atoms with Crippen molar-refractivity contribution in [2.45, 2.75) is 37.9 Å². The highest BCUT2D eigenvalue weighted by molar-refractivity contribution is 8.21. The average molecular weight is 165 g/mol. The Morgan fingerprint density at radius 2 is 1.78 bits per heavy atom. The van der Waals surface area contributed by atoms with E-state index in [0.717, 1.165) is 11.2 Å². The number of hydrogen-bond donors (Lipinski definition) is 0. The van der Waals surface area contributed by atoms with E-state index in [9.17, 15) is 0 Å². The van der Waals surface area contributed by atoms with Gasteiger partial charge in [0.25, 0.3) is 0 Å². The van der Waals surface area contributed by atoms with E-state index >= 15 is 0 Å². The fourth-order valence-corrected chi connectivity index (χ4v) is 2.30. The monoisotopic (exact) mass is 164 g/mol. The number of rotatable bonds is 1. The van der Waals surface area contributed by atoms with Crippen molar-refractivity contribution in [2.24, 2.45) is 5.92 Å². The van der Waals surface area contributed by atoms with Crippen molar-refractivity contribution >= 4 is 21.7 Å². The molecule has 0 radical (unpaired) electrons. The Labute approximate surface area is 65.9 Å². The highest BCUT2D eigenvalue weighted by Crippen LogP contribution is 2.32. The zero-order valence-corrected chi connectivity index (χ0v) is 7.34. The lowest BCUT2D eigenvalue weighted by Gasteiger charge is -2.23. The zero-order chi connectivity index (χ0) is 6.69. The Balaban J connectivity index is 2.18. The third-order valence-electron chi connectivity index (χ3n) is 2.09. The van der Waals surface area contributed by atoms with Crippen molar-refractivity contribution in [1.82, 2.24) is 0 Å². The van der Waals surface area contributed by atoms with Crippen molar-refractivity contribution in [1.29, 1.82) is 0 Å². The Kier molecular flexibility index (Phi) is 3.20. The van der Waals surface area contributed by atoms with Gasteiger partial charge in [0.15, 0.2) is 0 Å². The minimum atomic E-state index is 0.753. The lowest BCUT2D eigenvalue weighted by Crippen LogP contribution is -2.12. The van der Waals surface area contributed by atoms with Crippen LogP contribution in [-0.2, 0) is 0 Å². The summed E-state index contributed by atoms with van der Waals surface area (Å²) in [6.07, 6.45) is 5.42. The SMILES string of the molecule is CC1CCC(SCl)CC1. The van der Waals surface area contributed by atoms with Gasteiger partial charge in [-0.3, -0.25) is 0 Å². The van der Waals surface area contributed by atoms with E-state index in [0.29, 0.717) is 0 Å². The molecule has 54 valence electrons. The van der Waals surface area contributed by atoms with Crippen LogP contribution in [0.4, 0.5) is 0 Å². The molecule has 0 N–H and O–H groups in total. The smallest absolute Gasteiger partial charge is 0.0199 e. The second kappa shape index (κ2) is 3.72. The molecule has 2 heteroatoms. The third kappa shape index (κ3) is 2.38. The normalized spacial score (nSPS) is 36.7. The molecule has 1 fully saturated rings. The molecule has 0 aromatic carbocycles. The van der Waals surface area contributed by atoms with Crippen molar-refractivity contribution in [3.8, 4) is 0 Å². The van der Waals surface area contributed by atoms with Crippen LogP contribution in [0.1, 0.15) is 32.6 Å². The van der Waals surface area contributed by atoms with Crippen LogP contribution in [0.15, 0.2) is 0 Å². The summed E-state index contributed by atoms with van der Waals surface area (Å²) in [5.41, 5.74) is 0. The number of hydrogen-bond acceptors (Lipinski definition) is 1. The summed E-state index contributed by atoms with van der Waals surface area (Å²) in [5, 5.41) is 0.753. The molecule has 0 aliphatic heterocycles. The first kappa shape index (κ1) is 7.74. The van der Waals surface area contributed by atoms with Crippen LogP contribution < -0.4 is 0 Å². The fraction of sp³-hybridized carbons (Fsp3) is 1.00. The maximum Gasteiger partial charge on any atom is 0.0199 e. The molecule has 9 heavy (non-hydrogen) atoms. The molecular weight excluding hydrogens is 152 g/mol. The molecule has 0 spiro atoms. The molecule has 1 saturated carbocycles. The largest absolute Gasteiger partial charge is 0.0625 e. The van der Waals surface area contributed by atoms with E-state index in [2.05, 4.69) is 6.92 Å². The van der Waals surface area contributed by atoms with Gasteiger partial charge in [-0.2, -0.15) is 0 Å². The van der Waals surface area contributed by atoms with Crippen LogP contribution >= 0.6 is 21.7 Å².